The number of ether oxygens (including phenoxy) is 2. The van der Waals surface area contributed by atoms with Gasteiger partial charge in [0.2, 0.25) is 5.91 Å². The highest BCUT2D eigenvalue weighted by Crippen LogP contribution is 2.16. The molecule has 5 heteroatoms. The van der Waals surface area contributed by atoms with E-state index in [0.29, 0.717) is 18.0 Å². The Hall–Kier alpha value is -2.56. The van der Waals surface area contributed by atoms with E-state index in [9.17, 15) is 9.18 Å². The van der Waals surface area contributed by atoms with Crippen LogP contribution in [-0.4, -0.2) is 19.1 Å². The molecule has 0 aliphatic carbocycles. The van der Waals surface area contributed by atoms with Gasteiger partial charge in [0.05, 0.1) is 19.6 Å². The summed E-state index contributed by atoms with van der Waals surface area (Å²) in [5, 5.41) is 2.77. The molecule has 0 aromatic heterocycles. The largest absolute Gasteiger partial charge is 0.494 e. The molecular weight excluding hydrogens is 285 g/mol. The van der Waals surface area contributed by atoms with Crippen LogP contribution in [0.2, 0.25) is 0 Å². The molecule has 1 amide bonds. The third kappa shape index (κ3) is 5.09. The van der Waals surface area contributed by atoms with Gasteiger partial charge < -0.3 is 14.8 Å². The summed E-state index contributed by atoms with van der Waals surface area (Å²) in [4.78, 5) is 11.8. The first-order valence-electron chi connectivity index (χ1n) is 7.08. The average molecular weight is 303 g/mol. The molecule has 0 aliphatic rings. The van der Waals surface area contributed by atoms with Gasteiger partial charge in [-0.25, -0.2) is 4.39 Å². The second-order valence-corrected chi connectivity index (χ2v) is 4.56. The summed E-state index contributed by atoms with van der Waals surface area (Å²) in [6, 6.07) is 12.8. The van der Waals surface area contributed by atoms with Crippen molar-refractivity contribution in [3.63, 3.8) is 0 Å². The second kappa shape index (κ2) is 8.02. The first-order valence-corrected chi connectivity index (χ1v) is 7.08. The monoisotopic (exact) mass is 303 g/mol. The highest BCUT2D eigenvalue weighted by molar-refractivity contribution is 5.90. The SMILES string of the molecule is CCOc1ccc(NC(=O)CCOc2ccc(F)cc2)cc1. The summed E-state index contributed by atoms with van der Waals surface area (Å²) < 4.78 is 23.4. The number of nitrogens with one attached hydrogen (secondary N) is 1. The quantitative estimate of drug-likeness (QED) is 0.849. The molecular formula is C17H18FNO3. The highest BCUT2D eigenvalue weighted by atomic mass is 19.1. The van der Waals surface area contributed by atoms with Gasteiger partial charge in [-0.3, -0.25) is 4.79 Å². The van der Waals surface area contributed by atoms with Crippen LogP contribution in [0.4, 0.5) is 10.1 Å². The topological polar surface area (TPSA) is 47.6 Å². The molecule has 4 nitrogen and oxygen atoms in total. The van der Waals surface area contributed by atoms with Gasteiger partial charge in [0, 0.05) is 5.69 Å². The van der Waals surface area contributed by atoms with E-state index in [4.69, 9.17) is 9.47 Å². The standard InChI is InChI=1S/C17H18FNO3/c1-2-21-15-9-5-14(6-10-15)19-17(20)11-12-22-16-7-3-13(18)4-8-16/h3-10H,2,11-12H2,1H3,(H,19,20). The van der Waals surface area contributed by atoms with E-state index in [2.05, 4.69) is 5.32 Å². The molecule has 0 atom stereocenters. The predicted molar refractivity (Wildman–Crippen MR) is 82.8 cm³/mol. The van der Waals surface area contributed by atoms with Crippen LogP contribution in [-0.2, 0) is 4.79 Å². The summed E-state index contributed by atoms with van der Waals surface area (Å²) in [6.07, 6.45) is 0.213. The highest BCUT2D eigenvalue weighted by Gasteiger charge is 2.03. The number of carbonyl (C=O) groups excluding carboxylic acids is 1. The molecule has 0 aliphatic heterocycles. The maximum Gasteiger partial charge on any atom is 0.227 e. The Kier molecular flexibility index (Phi) is 5.77. The molecule has 0 spiro atoms. The van der Waals surface area contributed by atoms with Gasteiger partial charge in [-0.05, 0) is 55.5 Å². The van der Waals surface area contributed by atoms with Crippen LogP contribution in [0.1, 0.15) is 13.3 Å². The fraction of sp³-hybridized carbons (Fsp3) is 0.235. The Balaban J connectivity index is 1.74. The van der Waals surface area contributed by atoms with Crippen molar-refractivity contribution >= 4 is 11.6 Å². The molecule has 0 unspecified atom stereocenters. The van der Waals surface area contributed by atoms with E-state index in [-0.39, 0.29) is 24.8 Å². The molecule has 0 radical (unpaired) electrons. The molecule has 22 heavy (non-hydrogen) atoms. The Labute approximate surface area is 128 Å². The maximum absolute atomic E-state index is 12.7. The van der Waals surface area contributed by atoms with Crippen LogP contribution in [0.25, 0.3) is 0 Å². The summed E-state index contributed by atoms with van der Waals surface area (Å²) >= 11 is 0. The summed E-state index contributed by atoms with van der Waals surface area (Å²) in [6.45, 7) is 2.75. The number of amides is 1. The lowest BCUT2D eigenvalue weighted by Crippen LogP contribution is -2.15. The zero-order chi connectivity index (χ0) is 15.8. The number of hydrogen-bond donors (Lipinski definition) is 1. The van der Waals surface area contributed by atoms with Crippen LogP contribution >= 0.6 is 0 Å². The van der Waals surface area contributed by atoms with Gasteiger partial charge in [0.15, 0.2) is 0 Å². The fourth-order valence-corrected chi connectivity index (χ4v) is 1.82. The van der Waals surface area contributed by atoms with Gasteiger partial charge in [-0.1, -0.05) is 0 Å². The molecule has 0 fully saturated rings. The van der Waals surface area contributed by atoms with Gasteiger partial charge in [-0.15, -0.1) is 0 Å². The zero-order valence-corrected chi connectivity index (χ0v) is 12.3. The van der Waals surface area contributed by atoms with Crippen molar-refractivity contribution in [1.29, 1.82) is 0 Å². The van der Waals surface area contributed by atoms with E-state index in [0.717, 1.165) is 5.75 Å². The Morgan fingerprint density at radius 3 is 2.23 bits per heavy atom. The van der Waals surface area contributed by atoms with Gasteiger partial charge in [0.25, 0.3) is 0 Å². The number of carbonyl (C=O) groups is 1. The normalized spacial score (nSPS) is 10.1. The van der Waals surface area contributed by atoms with Crippen LogP contribution in [0.3, 0.4) is 0 Å². The molecule has 1 N–H and O–H groups in total. The van der Waals surface area contributed by atoms with E-state index in [1.165, 1.54) is 24.3 Å². The third-order valence-electron chi connectivity index (χ3n) is 2.86. The second-order valence-electron chi connectivity index (χ2n) is 4.56. The lowest BCUT2D eigenvalue weighted by Gasteiger charge is -2.08. The molecule has 0 saturated carbocycles. The van der Waals surface area contributed by atoms with E-state index < -0.39 is 0 Å². The minimum absolute atomic E-state index is 0.147. The lowest BCUT2D eigenvalue weighted by molar-refractivity contribution is -0.116. The molecule has 0 saturated heterocycles. The molecule has 2 aromatic rings. The van der Waals surface area contributed by atoms with Crippen molar-refractivity contribution in [1.82, 2.24) is 0 Å². The fourth-order valence-electron chi connectivity index (χ4n) is 1.82. The van der Waals surface area contributed by atoms with Gasteiger partial charge in [-0.2, -0.15) is 0 Å². The first kappa shape index (κ1) is 15.8. The number of rotatable bonds is 7. The smallest absolute Gasteiger partial charge is 0.227 e. The van der Waals surface area contributed by atoms with Gasteiger partial charge in [0.1, 0.15) is 17.3 Å². The first-order chi connectivity index (χ1) is 10.7. The van der Waals surface area contributed by atoms with E-state index in [1.807, 2.05) is 6.92 Å². The molecule has 116 valence electrons. The summed E-state index contributed by atoms with van der Waals surface area (Å²) in [5.74, 6) is 0.835. The van der Waals surface area contributed by atoms with Crippen LogP contribution < -0.4 is 14.8 Å². The minimum atomic E-state index is -0.319. The Morgan fingerprint density at radius 2 is 1.59 bits per heavy atom. The van der Waals surface area contributed by atoms with E-state index >= 15 is 0 Å². The van der Waals surface area contributed by atoms with Gasteiger partial charge >= 0.3 is 0 Å². The molecule has 0 heterocycles. The van der Waals surface area contributed by atoms with Crippen molar-refractivity contribution < 1.29 is 18.7 Å². The lowest BCUT2D eigenvalue weighted by atomic mass is 10.3. The number of benzene rings is 2. The molecule has 2 rings (SSSR count). The van der Waals surface area contributed by atoms with Crippen molar-refractivity contribution in [3.8, 4) is 11.5 Å². The van der Waals surface area contributed by atoms with Crippen molar-refractivity contribution in [2.75, 3.05) is 18.5 Å². The minimum Gasteiger partial charge on any atom is -0.494 e. The zero-order valence-electron chi connectivity index (χ0n) is 12.3. The van der Waals surface area contributed by atoms with Crippen LogP contribution in [0, 0.1) is 5.82 Å². The van der Waals surface area contributed by atoms with Crippen molar-refractivity contribution in [2.45, 2.75) is 13.3 Å². The van der Waals surface area contributed by atoms with E-state index in [1.54, 1.807) is 24.3 Å². The molecule has 0 bridgehead atoms. The number of anilines is 1. The average Bonchev–Trinajstić information content (AvgIpc) is 2.51. The van der Waals surface area contributed by atoms with Crippen molar-refractivity contribution in [3.05, 3.63) is 54.3 Å². The predicted octanol–water partition coefficient (Wildman–Crippen LogP) is 3.63. The number of halogens is 1. The van der Waals surface area contributed by atoms with Crippen LogP contribution in [0.5, 0.6) is 11.5 Å². The Morgan fingerprint density at radius 1 is 1.00 bits per heavy atom. The maximum atomic E-state index is 12.7. The van der Waals surface area contributed by atoms with Crippen LogP contribution in [0.15, 0.2) is 48.5 Å². The summed E-state index contributed by atoms with van der Waals surface area (Å²) in [7, 11) is 0. The molecule has 2 aromatic carbocycles. The third-order valence-corrected chi connectivity index (χ3v) is 2.86. The number of hydrogen-bond acceptors (Lipinski definition) is 3. The van der Waals surface area contributed by atoms with Crippen molar-refractivity contribution in [2.24, 2.45) is 0 Å². The summed E-state index contributed by atoms with van der Waals surface area (Å²) in [5.41, 5.74) is 0.704. The Bertz CT molecular complexity index is 596.